The first kappa shape index (κ1) is 12.1. The minimum atomic E-state index is 0.122. The number of rotatable bonds is 3. The minimum Gasteiger partial charge on any atom is -0.329 e. The van der Waals surface area contributed by atoms with Crippen molar-refractivity contribution in [2.24, 2.45) is 7.05 Å². The number of aryl methyl sites for hydroxylation is 1. The van der Waals surface area contributed by atoms with Gasteiger partial charge in [-0.1, -0.05) is 0 Å². The molecule has 0 spiro atoms. The van der Waals surface area contributed by atoms with E-state index in [9.17, 15) is 0 Å². The smallest absolute Gasteiger partial charge is 0.255 e. The Hall–Kier alpha value is -1.93. The zero-order valence-electron chi connectivity index (χ0n) is 9.80. The van der Waals surface area contributed by atoms with Crippen LogP contribution in [0.5, 0.6) is 0 Å². The molecule has 3 rings (SSSR count). The van der Waals surface area contributed by atoms with Gasteiger partial charge in [0.25, 0.3) is 5.95 Å². The lowest BCUT2D eigenvalue weighted by atomic mass is 10.7. The lowest BCUT2D eigenvalue weighted by Crippen LogP contribution is -2.04. The van der Waals surface area contributed by atoms with E-state index in [1.54, 1.807) is 24.7 Å². The fourth-order valence-corrected chi connectivity index (χ4v) is 2.34. The van der Waals surface area contributed by atoms with Crippen molar-refractivity contribution in [3.63, 3.8) is 0 Å². The first-order chi connectivity index (χ1) is 9.22. The Balaban J connectivity index is 1.96. The maximum atomic E-state index is 5.90. The van der Waals surface area contributed by atoms with Crippen molar-refractivity contribution in [3.05, 3.63) is 36.1 Å². The average molecular weight is 294 g/mol. The van der Waals surface area contributed by atoms with Crippen LogP contribution in [0.15, 0.2) is 41.2 Å². The molecule has 0 unspecified atom stereocenters. The predicted octanol–water partition coefficient (Wildman–Crippen LogP) is 1.60. The van der Waals surface area contributed by atoms with Gasteiger partial charge in [-0.25, -0.2) is 9.67 Å². The topological polar surface area (TPSA) is 74.3 Å². The van der Waals surface area contributed by atoms with E-state index >= 15 is 0 Å². The Morgan fingerprint density at radius 2 is 2.05 bits per heavy atom. The molecule has 19 heavy (non-hydrogen) atoms. The summed E-state index contributed by atoms with van der Waals surface area (Å²) in [5.41, 5.74) is 0. The van der Waals surface area contributed by atoms with Crippen molar-refractivity contribution in [1.82, 2.24) is 34.3 Å². The zero-order chi connectivity index (χ0) is 13.2. The second-order valence-electron chi connectivity index (χ2n) is 3.56. The molecule has 0 saturated carbocycles. The monoisotopic (exact) mass is 293 g/mol. The molecule has 0 aromatic carbocycles. The van der Waals surface area contributed by atoms with Crippen LogP contribution < -0.4 is 0 Å². The Bertz CT molecular complexity index is 694. The van der Waals surface area contributed by atoms with E-state index < -0.39 is 0 Å². The highest BCUT2D eigenvalue weighted by atomic mass is 35.5. The van der Waals surface area contributed by atoms with E-state index in [1.807, 2.05) is 17.8 Å². The maximum Gasteiger partial charge on any atom is 0.255 e. The molecule has 9 heteroatoms. The van der Waals surface area contributed by atoms with Gasteiger partial charge in [0, 0.05) is 31.8 Å². The Morgan fingerprint density at radius 3 is 2.74 bits per heavy atom. The molecule has 3 heterocycles. The van der Waals surface area contributed by atoms with Crippen LogP contribution >= 0.6 is 23.4 Å². The summed E-state index contributed by atoms with van der Waals surface area (Å²) >= 11 is 7.21. The first-order valence-electron chi connectivity index (χ1n) is 5.29. The normalized spacial score (nSPS) is 10.8. The van der Waals surface area contributed by atoms with Gasteiger partial charge in [-0.2, -0.15) is 20.1 Å². The van der Waals surface area contributed by atoms with Gasteiger partial charge in [0.2, 0.25) is 10.4 Å². The number of imidazole rings is 1. The molecule has 96 valence electrons. The fourth-order valence-electron chi connectivity index (χ4n) is 1.39. The quantitative estimate of drug-likeness (QED) is 0.730. The zero-order valence-corrected chi connectivity index (χ0v) is 11.4. The summed E-state index contributed by atoms with van der Waals surface area (Å²) in [6.07, 6.45) is 6.93. The van der Waals surface area contributed by atoms with Crippen molar-refractivity contribution in [3.8, 4) is 5.95 Å². The third kappa shape index (κ3) is 2.59. The lowest BCUT2D eigenvalue weighted by Gasteiger charge is -2.03. The molecule has 0 aliphatic rings. The van der Waals surface area contributed by atoms with Crippen molar-refractivity contribution < 1.29 is 0 Å². The summed E-state index contributed by atoms with van der Waals surface area (Å²) < 4.78 is 3.39. The van der Waals surface area contributed by atoms with Gasteiger partial charge in [0.1, 0.15) is 0 Å². The Labute approximate surface area is 117 Å². The van der Waals surface area contributed by atoms with Crippen LogP contribution in [-0.4, -0.2) is 34.3 Å². The predicted molar refractivity (Wildman–Crippen MR) is 69.3 cm³/mol. The summed E-state index contributed by atoms with van der Waals surface area (Å²) in [5, 5.41) is 5.42. The molecule has 0 fully saturated rings. The van der Waals surface area contributed by atoms with Gasteiger partial charge in [-0.15, -0.1) is 0 Å². The highest BCUT2D eigenvalue weighted by Gasteiger charge is 2.10. The first-order valence-corrected chi connectivity index (χ1v) is 6.48. The number of aromatic nitrogens is 7. The van der Waals surface area contributed by atoms with Crippen molar-refractivity contribution in [2.45, 2.75) is 10.3 Å². The van der Waals surface area contributed by atoms with Gasteiger partial charge < -0.3 is 4.57 Å². The number of hydrogen-bond donors (Lipinski definition) is 0. The van der Waals surface area contributed by atoms with E-state index in [0.717, 1.165) is 5.16 Å². The highest BCUT2D eigenvalue weighted by molar-refractivity contribution is 7.99. The number of nitrogens with zero attached hydrogens (tertiary/aromatic N) is 7. The van der Waals surface area contributed by atoms with Crippen LogP contribution in [0.1, 0.15) is 0 Å². The second-order valence-corrected chi connectivity index (χ2v) is 4.83. The fraction of sp³-hybridized carbons (Fsp3) is 0.100. The van der Waals surface area contributed by atoms with Crippen LogP contribution in [0.2, 0.25) is 5.28 Å². The summed E-state index contributed by atoms with van der Waals surface area (Å²) in [7, 11) is 1.90. The van der Waals surface area contributed by atoms with Gasteiger partial charge in [0.15, 0.2) is 5.16 Å². The van der Waals surface area contributed by atoms with Crippen LogP contribution in [0.3, 0.4) is 0 Å². The molecule has 0 N–H and O–H groups in total. The van der Waals surface area contributed by atoms with E-state index in [-0.39, 0.29) is 5.28 Å². The Kier molecular flexibility index (Phi) is 3.18. The largest absolute Gasteiger partial charge is 0.329 e. The van der Waals surface area contributed by atoms with Crippen molar-refractivity contribution in [2.75, 3.05) is 0 Å². The molecule has 0 aliphatic carbocycles. The van der Waals surface area contributed by atoms with Gasteiger partial charge in [-0.3, -0.25) is 0 Å². The van der Waals surface area contributed by atoms with Gasteiger partial charge >= 0.3 is 0 Å². The average Bonchev–Trinajstić information content (AvgIpc) is 3.01. The van der Waals surface area contributed by atoms with Gasteiger partial charge in [-0.05, 0) is 29.4 Å². The molecule has 3 aromatic heterocycles. The Morgan fingerprint density at radius 1 is 1.16 bits per heavy atom. The van der Waals surface area contributed by atoms with Crippen molar-refractivity contribution >= 4 is 23.4 Å². The van der Waals surface area contributed by atoms with E-state index in [4.69, 9.17) is 11.6 Å². The summed E-state index contributed by atoms with van der Waals surface area (Å²) in [5.74, 6) is 0.377. The van der Waals surface area contributed by atoms with Crippen molar-refractivity contribution in [1.29, 1.82) is 0 Å². The van der Waals surface area contributed by atoms with Crippen LogP contribution in [0, 0.1) is 0 Å². The summed E-state index contributed by atoms with van der Waals surface area (Å²) in [6, 6.07) is 1.78. The lowest BCUT2D eigenvalue weighted by molar-refractivity contribution is 0.750. The second kappa shape index (κ2) is 4.98. The van der Waals surface area contributed by atoms with Gasteiger partial charge in [0.05, 0.1) is 0 Å². The number of halogens is 1. The summed E-state index contributed by atoms with van der Waals surface area (Å²) in [6.45, 7) is 0. The SMILES string of the molecule is Cn1ccnc1Sc1nc(Cl)nc(-n2cccn2)n1. The van der Waals surface area contributed by atoms with E-state index in [0.29, 0.717) is 11.1 Å². The molecule has 0 aliphatic heterocycles. The third-order valence-corrected chi connectivity index (χ3v) is 3.35. The molecular formula is C10H8ClN7S. The molecule has 7 nitrogen and oxygen atoms in total. The molecule has 0 saturated heterocycles. The van der Waals surface area contributed by atoms with E-state index in [1.165, 1.54) is 16.4 Å². The molecule has 3 aromatic rings. The summed E-state index contributed by atoms with van der Waals surface area (Å²) in [4.78, 5) is 16.6. The molecule has 0 amide bonds. The minimum absolute atomic E-state index is 0.122. The van der Waals surface area contributed by atoms with Crippen LogP contribution in [0.25, 0.3) is 5.95 Å². The maximum absolute atomic E-state index is 5.90. The van der Waals surface area contributed by atoms with E-state index in [2.05, 4.69) is 25.0 Å². The highest BCUT2D eigenvalue weighted by Crippen LogP contribution is 2.23. The number of hydrogen-bond acceptors (Lipinski definition) is 6. The standard InChI is InChI=1S/C10H8ClN7S/c1-17-6-4-12-10(17)19-9-15-7(11)14-8(16-9)18-5-2-3-13-18/h2-6H,1H3. The molecule has 0 radical (unpaired) electrons. The molecular weight excluding hydrogens is 286 g/mol. The molecule has 0 bridgehead atoms. The third-order valence-electron chi connectivity index (χ3n) is 2.24. The van der Waals surface area contributed by atoms with Crippen LogP contribution in [0.4, 0.5) is 0 Å². The molecule has 0 atom stereocenters. The van der Waals surface area contributed by atoms with Crippen LogP contribution in [-0.2, 0) is 7.05 Å².